The van der Waals surface area contributed by atoms with Crippen LogP contribution in [-0.4, -0.2) is 27.8 Å². The number of thioether (sulfide) groups is 1. The van der Waals surface area contributed by atoms with Gasteiger partial charge in [-0.3, -0.25) is 9.36 Å². The average Bonchev–Trinajstić information content (AvgIpc) is 3.38. The molecule has 0 spiro atoms. The molecule has 0 unspecified atom stereocenters. The zero-order chi connectivity index (χ0) is 25.6. The van der Waals surface area contributed by atoms with Crippen LogP contribution in [0, 0.1) is 0 Å². The summed E-state index contributed by atoms with van der Waals surface area (Å²) in [5, 5.41) is 13.3. The van der Waals surface area contributed by atoms with E-state index in [0.717, 1.165) is 33.5 Å². The standard InChI is InChI=1S/C29H23ClN4O2S/c1-36-26-17-15-25(16-18-26)34-27(21-5-3-2-4-6-21)32-33-29(34)37-19-20-7-9-22(10-8-20)28(35)31-24-13-11-23(30)12-14-24/h2-18H,19H2,1H3,(H,31,35). The second-order valence-electron chi connectivity index (χ2n) is 8.15. The molecule has 4 aromatic carbocycles. The molecule has 0 aliphatic heterocycles. The van der Waals surface area contributed by atoms with E-state index in [-0.39, 0.29) is 5.91 Å². The van der Waals surface area contributed by atoms with E-state index in [1.807, 2.05) is 83.4 Å². The molecule has 6 nitrogen and oxygen atoms in total. The summed E-state index contributed by atoms with van der Waals surface area (Å²) in [5.41, 5.74) is 4.27. The average molecular weight is 527 g/mol. The zero-order valence-corrected chi connectivity index (χ0v) is 21.5. The SMILES string of the molecule is COc1ccc(-n2c(SCc3ccc(C(=O)Nc4ccc(Cl)cc4)cc3)nnc2-c2ccccc2)cc1. The van der Waals surface area contributed by atoms with Gasteiger partial charge in [0.1, 0.15) is 5.75 Å². The molecule has 8 heteroatoms. The van der Waals surface area contributed by atoms with Crippen LogP contribution in [-0.2, 0) is 5.75 Å². The van der Waals surface area contributed by atoms with Crippen molar-refractivity contribution in [2.24, 2.45) is 0 Å². The lowest BCUT2D eigenvalue weighted by molar-refractivity contribution is 0.102. The van der Waals surface area contributed by atoms with E-state index in [2.05, 4.69) is 15.5 Å². The number of carbonyl (C=O) groups excluding carboxylic acids is 1. The van der Waals surface area contributed by atoms with Crippen LogP contribution in [0.15, 0.2) is 108 Å². The fourth-order valence-corrected chi connectivity index (χ4v) is 4.77. The minimum absolute atomic E-state index is 0.173. The number of hydrogen-bond acceptors (Lipinski definition) is 5. The maximum absolute atomic E-state index is 12.6. The number of hydrogen-bond donors (Lipinski definition) is 1. The molecule has 1 heterocycles. The van der Waals surface area contributed by atoms with E-state index in [9.17, 15) is 4.79 Å². The molecular weight excluding hydrogens is 504 g/mol. The molecule has 1 N–H and O–H groups in total. The summed E-state index contributed by atoms with van der Waals surface area (Å²) in [6.45, 7) is 0. The molecule has 5 aromatic rings. The molecule has 0 bridgehead atoms. The second-order valence-corrected chi connectivity index (χ2v) is 9.53. The van der Waals surface area contributed by atoms with Crippen molar-refractivity contribution in [3.8, 4) is 22.8 Å². The van der Waals surface area contributed by atoms with Crippen LogP contribution in [0.5, 0.6) is 5.75 Å². The molecule has 184 valence electrons. The Bertz CT molecular complexity index is 1490. The van der Waals surface area contributed by atoms with E-state index in [1.54, 1.807) is 43.1 Å². The fraction of sp³-hybridized carbons (Fsp3) is 0.0690. The molecule has 0 aliphatic carbocycles. The third-order valence-corrected chi connectivity index (χ3v) is 6.93. The van der Waals surface area contributed by atoms with Crippen molar-refractivity contribution >= 4 is 35.0 Å². The largest absolute Gasteiger partial charge is 0.497 e. The highest BCUT2D eigenvalue weighted by Crippen LogP contribution is 2.30. The van der Waals surface area contributed by atoms with Crippen molar-refractivity contribution in [3.05, 3.63) is 119 Å². The predicted octanol–water partition coefficient (Wildman–Crippen LogP) is 7.14. The van der Waals surface area contributed by atoms with Gasteiger partial charge in [0.05, 0.1) is 7.11 Å². The zero-order valence-electron chi connectivity index (χ0n) is 20.0. The molecule has 0 radical (unpaired) electrons. The number of ether oxygens (including phenoxy) is 1. The van der Waals surface area contributed by atoms with Crippen molar-refractivity contribution in [1.29, 1.82) is 0 Å². The Hall–Kier alpha value is -4.07. The van der Waals surface area contributed by atoms with Gasteiger partial charge in [-0.1, -0.05) is 65.8 Å². The molecule has 0 fully saturated rings. The maximum Gasteiger partial charge on any atom is 0.255 e. The molecule has 0 saturated carbocycles. The summed E-state index contributed by atoms with van der Waals surface area (Å²) in [4.78, 5) is 12.6. The first-order valence-electron chi connectivity index (χ1n) is 11.5. The van der Waals surface area contributed by atoms with Crippen LogP contribution < -0.4 is 10.1 Å². The monoisotopic (exact) mass is 526 g/mol. The molecule has 1 amide bonds. The number of benzene rings is 4. The van der Waals surface area contributed by atoms with Crippen molar-refractivity contribution < 1.29 is 9.53 Å². The Morgan fingerprint density at radius 1 is 0.892 bits per heavy atom. The van der Waals surface area contributed by atoms with E-state index in [4.69, 9.17) is 16.3 Å². The van der Waals surface area contributed by atoms with E-state index in [1.165, 1.54) is 0 Å². The van der Waals surface area contributed by atoms with E-state index < -0.39 is 0 Å². The fourth-order valence-electron chi connectivity index (χ4n) is 3.74. The summed E-state index contributed by atoms with van der Waals surface area (Å²) in [6.07, 6.45) is 0. The number of nitrogens with zero attached hydrogens (tertiary/aromatic N) is 3. The van der Waals surface area contributed by atoms with Crippen molar-refractivity contribution in [2.45, 2.75) is 10.9 Å². The Balaban J connectivity index is 1.33. The van der Waals surface area contributed by atoms with Crippen LogP contribution in [0.4, 0.5) is 5.69 Å². The van der Waals surface area contributed by atoms with Crippen LogP contribution in [0.2, 0.25) is 5.02 Å². The van der Waals surface area contributed by atoms with Gasteiger partial charge in [0.2, 0.25) is 0 Å². The predicted molar refractivity (Wildman–Crippen MR) is 149 cm³/mol. The molecule has 37 heavy (non-hydrogen) atoms. The quantitative estimate of drug-likeness (QED) is 0.218. The van der Waals surface area contributed by atoms with Crippen molar-refractivity contribution in [1.82, 2.24) is 14.8 Å². The lowest BCUT2D eigenvalue weighted by Crippen LogP contribution is -2.11. The van der Waals surface area contributed by atoms with Gasteiger partial charge in [0.15, 0.2) is 11.0 Å². The van der Waals surface area contributed by atoms with Crippen LogP contribution in [0.3, 0.4) is 0 Å². The Labute approximate surface area is 224 Å². The lowest BCUT2D eigenvalue weighted by atomic mass is 10.1. The highest BCUT2D eigenvalue weighted by molar-refractivity contribution is 7.98. The maximum atomic E-state index is 12.6. The molecule has 0 aliphatic rings. The smallest absolute Gasteiger partial charge is 0.255 e. The number of anilines is 1. The normalized spacial score (nSPS) is 10.8. The second kappa shape index (κ2) is 11.3. The van der Waals surface area contributed by atoms with Crippen molar-refractivity contribution in [3.63, 3.8) is 0 Å². The molecule has 1 aromatic heterocycles. The number of halogens is 1. The number of carbonyl (C=O) groups is 1. The lowest BCUT2D eigenvalue weighted by Gasteiger charge is -2.11. The summed E-state index contributed by atoms with van der Waals surface area (Å²) < 4.78 is 7.37. The highest BCUT2D eigenvalue weighted by atomic mass is 35.5. The molecule has 0 saturated heterocycles. The number of aromatic nitrogens is 3. The Morgan fingerprint density at radius 3 is 2.27 bits per heavy atom. The number of rotatable bonds is 8. The van der Waals surface area contributed by atoms with Gasteiger partial charge in [-0.15, -0.1) is 10.2 Å². The minimum Gasteiger partial charge on any atom is -0.497 e. The third kappa shape index (κ3) is 5.85. The van der Waals surface area contributed by atoms with Gasteiger partial charge < -0.3 is 10.1 Å². The number of nitrogens with one attached hydrogen (secondary N) is 1. The van der Waals surface area contributed by atoms with E-state index >= 15 is 0 Å². The molecule has 0 atom stereocenters. The Kier molecular flexibility index (Phi) is 7.54. The topological polar surface area (TPSA) is 69.0 Å². The Morgan fingerprint density at radius 2 is 1.59 bits per heavy atom. The summed E-state index contributed by atoms with van der Waals surface area (Å²) >= 11 is 7.50. The first-order valence-corrected chi connectivity index (χ1v) is 12.9. The van der Waals surface area contributed by atoms with Gasteiger partial charge in [-0.2, -0.15) is 0 Å². The van der Waals surface area contributed by atoms with Gasteiger partial charge in [0, 0.05) is 33.3 Å². The van der Waals surface area contributed by atoms with Gasteiger partial charge in [-0.25, -0.2) is 0 Å². The summed E-state index contributed by atoms with van der Waals surface area (Å²) in [5.74, 6) is 2.05. The first-order chi connectivity index (χ1) is 18.1. The number of methoxy groups -OCH3 is 1. The van der Waals surface area contributed by atoms with Gasteiger partial charge in [0.25, 0.3) is 5.91 Å². The van der Waals surface area contributed by atoms with Crippen LogP contribution in [0.25, 0.3) is 17.1 Å². The number of amides is 1. The first kappa shape index (κ1) is 24.6. The van der Waals surface area contributed by atoms with Gasteiger partial charge in [-0.05, 0) is 66.2 Å². The van der Waals surface area contributed by atoms with Crippen LogP contribution in [0.1, 0.15) is 15.9 Å². The summed E-state index contributed by atoms with van der Waals surface area (Å²) in [7, 11) is 1.65. The van der Waals surface area contributed by atoms with Gasteiger partial charge >= 0.3 is 0 Å². The minimum atomic E-state index is -0.173. The molecule has 5 rings (SSSR count). The highest BCUT2D eigenvalue weighted by Gasteiger charge is 2.16. The summed E-state index contributed by atoms with van der Waals surface area (Å²) in [6, 6.07) is 32.4. The van der Waals surface area contributed by atoms with Crippen molar-refractivity contribution in [2.75, 3.05) is 12.4 Å². The molecular formula is C29H23ClN4O2S. The van der Waals surface area contributed by atoms with Crippen LogP contribution >= 0.6 is 23.4 Å². The third-order valence-electron chi connectivity index (χ3n) is 5.68. The van der Waals surface area contributed by atoms with E-state index in [0.29, 0.717) is 22.0 Å².